The van der Waals surface area contributed by atoms with Crippen molar-refractivity contribution in [2.75, 3.05) is 12.3 Å². The van der Waals surface area contributed by atoms with E-state index in [1.807, 2.05) is 0 Å². The Bertz CT molecular complexity index is 94.4. The first-order valence-electron chi connectivity index (χ1n) is 2.90. The molecule has 1 radical (unpaired) electrons. The molecule has 1 aliphatic rings. The Morgan fingerprint density at radius 1 is 1.75 bits per heavy atom. The average Bonchev–Trinajstić information content (AvgIpc) is 1.82. The summed E-state index contributed by atoms with van der Waals surface area (Å²) in [6.45, 7) is 0.262. The largest absolute Gasteiger partial charge is 0.365 e. The van der Waals surface area contributed by atoms with E-state index in [9.17, 15) is 4.89 Å². The monoisotopic (exact) mass is 153 g/mol. The van der Waals surface area contributed by atoms with Crippen molar-refractivity contribution in [1.82, 2.24) is 0 Å². The van der Waals surface area contributed by atoms with Crippen LogP contribution in [0.15, 0.2) is 0 Å². The third-order valence-corrected chi connectivity index (χ3v) is 4.60. The van der Waals surface area contributed by atoms with Crippen molar-refractivity contribution in [1.29, 1.82) is 0 Å². The summed E-state index contributed by atoms with van der Waals surface area (Å²) in [6, 6.07) is 0. The van der Waals surface area contributed by atoms with E-state index in [1.54, 1.807) is 0 Å². The lowest BCUT2D eigenvalue weighted by atomic mass is 10.2. The fraction of sp³-hybridized carbons (Fsp3) is 1.00. The molecule has 3 heteroatoms. The van der Waals surface area contributed by atoms with Crippen molar-refractivity contribution in [3.05, 3.63) is 0 Å². The van der Waals surface area contributed by atoms with Gasteiger partial charge in [0, 0.05) is 6.16 Å². The number of halogens is 1. The van der Waals surface area contributed by atoms with Crippen molar-refractivity contribution in [2.45, 2.75) is 13.3 Å². The molecule has 0 aromatic rings. The highest BCUT2D eigenvalue weighted by molar-refractivity contribution is 7.94. The molecule has 1 nitrogen and oxygen atoms in total. The second-order valence-electron chi connectivity index (χ2n) is 2.62. The molecule has 0 aromatic carbocycles. The van der Waals surface area contributed by atoms with Crippen LogP contribution in [0.3, 0.4) is 0 Å². The lowest BCUT2D eigenvalue weighted by Gasteiger charge is -2.13. The summed E-state index contributed by atoms with van der Waals surface area (Å²) in [5, 5.41) is 0. The Kier molecular flexibility index (Phi) is 1.81. The Balaban J connectivity index is 2.44. The zero-order valence-corrected chi connectivity index (χ0v) is 6.62. The first-order chi connectivity index (χ1) is 3.60. The van der Waals surface area contributed by atoms with E-state index in [2.05, 4.69) is 6.92 Å². The highest BCUT2D eigenvalue weighted by atomic mass is 35.7. The van der Waals surface area contributed by atoms with Gasteiger partial charge in [-0.3, -0.25) is 0 Å². The predicted octanol–water partition coefficient (Wildman–Crippen LogP) is 2.10. The summed E-state index contributed by atoms with van der Waals surface area (Å²) in [6.07, 6.45) is 2.86. The topological polar surface area (TPSA) is 20.2 Å². The Hall–Kier alpha value is 0.680. The number of hydrogen-bond acceptors (Lipinski definition) is 1. The molecule has 0 aliphatic carbocycles. The van der Waals surface area contributed by atoms with Gasteiger partial charge in [0.1, 0.15) is 0 Å². The summed E-state index contributed by atoms with van der Waals surface area (Å²) in [7, 11) is 0. The van der Waals surface area contributed by atoms with Crippen molar-refractivity contribution in [2.24, 2.45) is 5.92 Å². The first-order valence-corrected chi connectivity index (χ1v) is 5.91. The van der Waals surface area contributed by atoms with Crippen LogP contribution < -0.4 is 0 Å². The van der Waals surface area contributed by atoms with Crippen molar-refractivity contribution >= 4 is 18.1 Å². The first kappa shape index (κ1) is 6.80. The lowest BCUT2D eigenvalue weighted by molar-refractivity contribution is 0.618. The molecule has 2 atom stereocenters. The molecule has 1 fully saturated rings. The molecule has 0 aromatic heterocycles. The predicted molar refractivity (Wildman–Crippen MR) is 38.5 cm³/mol. The van der Waals surface area contributed by atoms with E-state index < -0.39 is 6.84 Å². The minimum atomic E-state index is -1.88. The molecule has 8 heavy (non-hydrogen) atoms. The number of hydrogen-bond donors (Lipinski definition) is 1. The van der Waals surface area contributed by atoms with Crippen LogP contribution in [-0.4, -0.2) is 17.2 Å². The molecule has 0 saturated carbocycles. The third-order valence-electron chi connectivity index (χ3n) is 1.56. The highest BCUT2D eigenvalue weighted by Gasteiger charge is 2.30. The van der Waals surface area contributed by atoms with Gasteiger partial charge in [0.25, 0.3) is 0 Å². The van der Waals surface area contributed by atoms with Crippen molar-refractivity contribution in [3.8, 4) is 0 Å². The van der Waals surface area contributed by atoms with Crippen LogP contribution in [0.2, 0.25) is 0 Å². The Morgan fingerprint density at radius 3 is 2.50 bits per heavy atom. The van der Waals surface area contributed by atoms with Crippen LogP contribution >= 0.6 is 18.1 Å². The van der Waals surface area contributed by atoms with Gasteiger partial charge >= 0.3 is 0 Å². The van der Waals surface area contributed by atoms with Gasteiger partial charge in [-0.2, -0.15) is 0 Å². The molecule has 0 amide bonds. The van der Waals surface area contributed by atoms with E-state index in [0.29, 0.717) is 5.92 Å². The summed E-state index contributed by atoms with van der Waals surface area (Å²) < 4.78 is 0. The minimum Gasteiger partial charge on any atom is -0.365 e. The Morgan fingerprint density at radius 2 is 2.38 bits per heavy atom. The molecular weight excluding hydrogens is 142 g/mol. The minimum absolute atomic E-state index is 0.658. The van der Waals surface area contributed by atoms with Gasteiger partial charge in [0.2, 0.25) is 0 Å². The van der Waals surface area contributed by atoms with Crippen LogP contribution in [0.4, 0.5) is 0 Å². The van der Waals surface area contributed by atoms with Gasteiger partial charge in [0.05, 0.1) is 6.84 Å². The smallest absolute Gasteiger partial charge is 0.0667 e. The van der Waals surface area contributed by atoms with E-state index in [4.69, 9.17) is 11.2 Å². The standard InChI is InChI=1S/C5H11ClOP/c1-5-2-3-8(6,7)4-5/h5,7H,2-4H2,1H3. The molecule has 1 aliphatic heterocycles. The van der Waals surface area contributed by atoms with Gasteiger partial charge in [0.15, 0.2) is 0 Å². The molecule has 0 bridgehead atoms. The van der Waals surface area contributed by atoms with Gasteiger partial charge in [-0.15, -0.1) is 0 Å². The van der Waals surface area contributed by atoms with Gasteiger partial charge in [-0.25, -0.2) is 0 Å². The van der Waals surface area contributed by atoms with E-state index >= 15 is 0 Å². The van der Waals surface area contributed by atoms with E-state index in [1.165, 1.54) is 0 Å². The summed E-state index contributed by atoms with van der Waals surface area (Å²) >= 11 is 5.73. The maximum Gasteiger partial charge on any atom is 0.0667 e. The van der Waals surface area contributed by atoms with E-state index in [0.717, 1.165) is 18.7 Å². The zero-order valence-electron chi connectivity index (χ0n) is 4.97. The van der Waals surface area contributed by atoms with Gasteiger partial charge < -0.3 is 4.89 Å². The molecule has 2 unspecified atom stereocenters. The van der Waals surface area contributed by atoms with Crippen LogP contribution in [0.1, 0.15) is 13.3 Å². The summed E-state index contributed by atoms with van der Waals surface area (Å²) in [5.74, 6) is 0.658. The quantitative estimate of drug-likeness (QED) is 0.529. The molecular formula is C5H11ClOP. The van der Waals surface area contributed by atoms with Crippen molar-refractivity contribution < 1.29 is 4.89 Å². The van der Waals surface area contributed by atoms with E-state index in [-0.39, 0.29) is 0 Å². The molecule has 1 rings (SSSR count). The normalized spacial score (nSPS) is 47.6. The van der Waals surface area contributed by atoms with Gasteiger partial charge in [-0.1, -0.05) is 18.2 Å². The SMILES string of the molecule is CC1CC[P](O)(Cl)C1. The number of rotatable bonds is 0. The summed E-state index contributed by atoms with van der Waals surface area (Å²) in [4.78, 5) is 9.24. The van der Waals surface area contributed by atoms with Crippen LogP contribution in [0.5, 0.6) is 0 Å². The highest BCUT2D eigenvalue weighted by Crippen LogP contribution is 2.65. The second-order valence-corrected chi connectivity index (χ2v) is 6.96. The molecule has 1 heterocycles. The average molecular weight is 154 g/mol. The zero-order chi connectivity index (χ0) is 6.20. The van der Waals surface area contributed by atoms with Gasteiger partial charge in [-0.05, 0) is 18.5 Å². The van der Waals surface area contributed by atoms with Crippen LogP contribution in [0, 0.1) is 5.92 Å². The Labute approximate surface area is 55.3 Å². The summed E-state index contributed by atoms with van der Waals surface area (Å²) in [5.41, 5.74) is 0. The maximum absolute atomic E-state index is 9.24. The van der Waals surface area contributed by atoms with Crippen LogP contribution in [0.25, 0.3) is 0 Å². The lowest BCUT2D eigenvalue weighted by Crippen LogP contribution is -1.89. The fourth-order valence-electron chi connectivity index (χ4n) is 1.08. The third kappa shape index (κ3) is 1.58. The molecule has 1 saturated heterocycles. The molecule has 1 N–H and O–H groups in total. The molecule has 0 spiro atoms. The van der Waals surface area contributed by atoms with Crippen molar-refractivity contribution in [3.63, 3.8) is 0 Å². The molecule has 49 valence electrons. The second kappa shape index (κ2) is 2.13. The fourth-order valence-corrected chi connectivity index (χ4v) is 4.23. The maximum atomic E-state index is 9.24. The van der Waals surface area contributed by atoms with Crippen LogP contribution in [-0.2, 0) is 0 Å².